The Labute approximate surface area is 72.7 Å². The third-order valence-corrected chi connectivity index (χ3v) is 1.18. The topological polar surface area (TPSA) is 78.7 Å². The second-order valence-corrected chi connectivity index (χ2v) is 2.03. The number of carbonyl (C=O) groups excluding carboxylic acids is 1. The van der Waals surface area contributed by atoms with Crippen molar-refractivity contribution in [1.82, 2.24) is 0 Å². The zero-order valence-corrected chi connectivity index (χ0v) is 6.38. The van der Waals surface area contributed by atoms with Crippen LogP contribution >= 0.6 is 0 Å². The highest BCUT2D eigenvalue weighted by Crippen LogP contribution is 2.00. The summed E-state index contributed by atoms with van der Waals surface area (Å²) in [4.78, 5) is 27.8. The minimum Gasteiger partial charge on any atom is -0.255 e. The molecule has 0 atom stereocenters. The summed E-state index contributed by atoms with van der Waals surface area (Å²) in [6.45, 7) is 0. The van der Waals surface area contributed by atoms with Crippen LogP contribution in [0.1, 0.15) is 10.4 Å². The summed E-state index contributed by atoms with van der Waals surface area (Å²) in [5, 5.41) is 8.43. The summed E-state index contributed by atoms with van der Waals surface area (Å²) in [7, 11) is 0. The van der Waals surface area contributed by atoms with Gasteiger partial charge in [-0.05, 0) is 12.1 Å². The Morgan fingerprint density at radius 2 is 1.92 bits per heavy atom. The molecule has 1 aromatic rings. The van der Waals surface area contributed by atoms with Gasteiger partial charge in [-0.2, -0.15) is 0 Å². The van der Waals surface area contributed by atoms with E-state index in [1.807, 2.05) is 0 Å². The molecule has 0 bridgehead atoms. The van der Waals surface area contributed by atoms with Crippen molar-refractivity contribution in [3.8, 4) is 0 Å². The molecule has 0 aliphatic heterocycles. The maximum Gasteiger partial charge on any atom is 0.373 e. The van der Waals surface area contributed by atoms with E-state index in [0.29, 0.717) is 0 Å². The molecule has 0 unspecified atom stereocenters. The Morgan fingerprint density at radius 3 is 2.46 bits per heavy atom. The van der Waals surface area contributed by atoms with E-state index < -0.39 is 11.1 Å². The predicted octanol–water partition coefficient (Wildman–Crippen LogP) is 0.967. The predicted molar refractivity (Wildman–Crippen MR) is 39.9 cm³/mol. The van der Waals surface area contributed by atoms with Crippen molar-refractivity contribution < 1.29 is 19.8 Å². The zero-order valence-electron chi connectivity index (χ0n) is 6.38. The van der Waals surface area contributed by atoms with Gasteiger partial charge in [0.15, 0.2) is 0 Å². The van der Waals surface area contributed by atoms with Crippen molar-refractivity contribution in [2.75, 3.05) is 0 Å². The monoisotopic (exact) mass is 183 g/mol. The summed E-state index contributed by atoms with van der Waals surface area (Å²) in [6.07, 6.45) is 0. The lowest BCUT2D eigenvalue weighted by Gasteiger charge is -1.97. The van der Waals surface area contributed by atoms with E-state index in [9.17, 15) is 14.9 Å². The summed E-state index contributed by atoms with van der Waals surface area (Å²) in [5.74, 6) is -0.905. The Kier molecular flexibility index (Phi) is 2.80. The van der Waals surface area contributed by atoms with Crippen molar-refractivity contribution in [3.63, 3.8) is 0 Å². The van der Waals surface area contributed by atoms with Crippen LogP contribution in [-0.2, 0) is 9.88 Å². The van der Waals surface area contributed by atoms with Gasteiger partial charge in [0.05, 0.1) is 5.56 Å². The first-order valence-corrected chi connectivity index (χ1v) is 3.28. The SMILES string of the molecule is O=C(OO[N+](=O)[O-])c1ccccc1. The van der Waals surface area contributed by atoms with Gasteiger partial charge in [0.2, 0.25) is 0 Å². The molecule has 0 saturated carbocycles. The fourth-order valence-corrected chi connectivity index (χ4v) is 0.687. The molecule has 6 heteroatoms. The Hall–Kier alpha value is -2.11. The molecule has 1 rings (SSSR count). The standard InChI is InChI=1S/C7H5NO5/c9-7(12-13-8(10)11)6-4-2-1-3-5-6/h1-5H. The average molecular weight is 183 g/mol. The Morgan fingerprint density at radius 1 is 1.31 bits per heavy atom. The third-order valence-electron chi connectivity index (χ3n) is 1.18. The van der Waals surface area contributed by atoms with Crippen LogP contribution in [0.5, 0.6) is 0 Å². The van der Waals surface area contributed by atoms with E-state index in [1.165, 1.54) is 12.1 Å². The van der Waals surface area contributed by atoms with Gasteiger partial charge in [-0.15, -0.1) is 10.1 Å². The van der Waals surface area contributed by atoms with Gasteiger partial charge >= 0.3 is 11.1 Å². The van der Waals surface area contributed by atoms with Crippen LogP contribution in [0.2, 0.25) is 0 Å². The van der Waals surface area contributed by atoms with E-state index in [2.05, 4.69) is 9.88 Å². The molecule has 0 aliphatic carbocycles. The molecule has 0 aromatic heterocycles. The summed E-state index contributed by atoms with van der Waals surface area (Å²) < 4.78 is 0. The first kappa shape index (κ1) is 8.98. The van der Waals surface area contributed by atoms with Crippen molar-refractivity contribution in [1.29, 1.82) is 0 Å². The smallest absolute Gasteiger partial charge is 0.255 e. The largest absolute Gasteiger partial charge is 0.373 e. The lowest BCUT2D eigenvalue weighted by atomic mass is 10.2. The van der Waals surface area contributed by atoms with Crippen LogP contribution in [0, 0.1) is 10.1 Å². The lowest BCUT2D eigenvalue weighted by molar-refractivity contribution is -0.839. The molecule has 0 aliphatic rings. The minimum absolute atomic E-state index is 0.185. The van der Waals surface area contributed by atoms with Crippen LogP contribution in [-0.4, -0.2) is 11.1 Å². The van der Waals surface area contributed by atoms with Crippen LogP contribution < -0.4 is 0 Å². The molecule has 6 nitrogen and oxygen atoms in total. The van der Waals surface area contributed by atoms with Crippen LogP contribution in [0.25, 0.3) is 0 Å². The quantitative estimate of drug-likeness (QED) is 0.396. The molecule has 0 amide bonds. The maximum absolute atomic E-state index is 10.9. The van der Waals surface area contributed by atoms with Gasteiger partial charge in [0, 0.05) is 0 Å². The fourth-order valence-electron chi connectivity index (χ4n) is 0.687. The van der Waals surface area contributed by atoms with Crippen LogP contribution in [0.4, 0.5) is 0 Å². The highest BCUT2D eigenvalue weighted by Gasteiger charge is 2.08. The Bertz CT molecular complexity index is 310. The maximum atomic E-state index is 10.9. The molecule has 1 aromatic carbocycles. The molecule has 0 spiro atoms. The molecule has 0 radical (unpaired) electrons. The van der Waals surface area contributed by atoms with E-state index >= 15 is 0 Å². The average Bonchev–Trinajstić information content (AvgIpc) is 2.15. The number of benzene rings is 1. The van der Waals surface area contributed by atoms with Crippen LogP contribution in [0.15, 0.2) is 30.3 Å². The van der Waals surface area contributed by atoms with Gasteiger partial charge in [0.1, 0.15) is 0 Å². The van der Waals surface area contributed by atoms with Crippen molar-refractivity contribution in [2.45, 2.75) is 0 Å². The second kappa shape index (κ2) is 4.05. The van der Waals surface area contributed by atoms with Gasteiger partial charge < -0.3 is 0 Å². The fraction of sp³-hybridized carbons (Fsp3) is 0. The number of hydrogen-bond donors (Lipinski definition) is 0. The first-order chi connectivity index (χ1) is 6.20. The second-order valence-electron chi connectivity index (χ2n) is 2.03. The highest BCUT2D eigenvalue weighted by atomic mass is 17.3. The van der Waals surface area contributed by atoms with E-state index in [4.69, 9.17) is 0 Å². The summed E-state index contributed by atoms with van der Waals surface area (Å²) in [5.41, 5.74) is 0.185. The molecule has 0 heterocycles. The van der Waals surface area contributed by atoms with E-state index in [-0.39, 0.29) is 5.56 Å². The number of rotatable bonds is 3. The molecular weight excluding hydrogens is 178 g/mol. The van der Waals surface area contributed by atoms with Gasteiger partial charge in [-0.1, -0.05) is 23.2 Å². The van der Waals surface area contributed by atoms with Crippen molar-refractivity contribution in [2.24, 2.45) is 0 Å². The molecule has 13 heavy (non-hydrogen) atoms. The number of carbonyl (C=O) groups is 1. The number of nitrogens with zero attached hydrogens (tertiary/aromatic N) is 1. The summed E-state index contributed by atoms with van der Waals surface area (Å²) >= 11 is 0. The third kappa shape index (κ3) is 2.78. The summed E-state index contributed by atoms with van der Waals surface area (Å²) in [6, 6.07) is 7.80. The van der Waals surface area contributed by atoms with Crippen molar-refractivity contribution in [3.05, 3.63) is 46.0 Å². The normalized spacial score (nSPS) is 8.92. The first-order valence-electron chi connectivity index (χ1n) is 3.28. The minimum atomic E-state index is -1.21. The highest BCUT2D eigenvalue weighted by molar-refractivity contribution is 5.88. The molecular formula is C7H5NO5. The van der Waals surface area contributed by atoms with Gasteiger partial charge in [-0.25, -0.2) is 4.79 Å². The molecule has 0 fully saturated rings. The lowest BCUT2D eigenvalue weighted by Crippen LogP contribution is -2.09. The van der Waals surface area contributed by atoms with E-state index in [1.54, 1.807) is 18.2 Å². The van der Waals surface area contributed by atoms with Crippen LogP contribution in [0.3, 0.4) is 0 Å². The molecule has 68 valence electrons. The van der Waals surface area contributed by atoms with E-state index in [0.717, 1.165) is 0 Å². The zero-order chi connectivity index (χ0) is 9.68. The van der Waals surface area contributed by atoms with Crippen molar-refractivity contribution >= 4 is 5.97 Å². The van der Waals surface area contributed by atoms with Gasteiger partial charge in [-0.3, -0.25) is 4.89 Å². The Balaban J connectivity index is 2.54. The molecule has 0 N–H and O–H groups in total. The number of hydrogen-bond acceptors (Lipinski definition) is 5. The molecule has 0 saturated heterocycles. The van der Waals surface area contributed by atoms with Gasteiger partial charge in [0.25, 0.3) is 0 Å².